The lowest BCUT2D eigenvalue weighted by Crippen LogP contribution is -2.26. The van der Waals surface area contributed by atoms with E-state index in [1.807, 2.05) is 12.1 Å². The molecule has 2 rings (SSSR count). The zero-order chi connectivity index (χ0) is 12.8. The van der Waals surface area contributed by atoms with E-state index in [2.05, 4.69) is 35.4 Å². The summed E-state index contributed by atoms with van der Waals surface area (Å²) in [6.07, 6.45) is 3.44. The standard InChI is InChI=1S/C15H20N2O/c1-2-4-14(18)11-16-10-12-6-7-15-13(9-12)5-3-8-17-15/h3,5-9,14,16,18H,2,4,10-11H2,1H3. The van der Waals surface area contributed by atoms with E-state index in [-0.39, 0.29) is 6.10 Å². The van der Waals surface area contributed by atoms with Crippen LogP contribution in [0.15, 0.2) is 36.5 Å². The minimum Gasteiger partial charge on any atom is -0.392 e. The van der Waals surface area contributed by atoms with E-state index < -0.39 is 0 Å². The van der Waals surface area contributed by atoms with E-state index in [1.165, 1.54) is 5.56 Å². The number of aliphatic hydroxyl groups is 1. The van der Waals surface area contributed by atoms with Crippen molar-refractivity contribution in [1.29, 1.82) is 0 Å². The topological polar surface area (TPSA) is 45.1 Å². The van der Waals surface area contributed by atoms with Gasteiger partial charge in [-0.05, 0) is 30.2 Å². The average molecular weight is 244 g/mol. The molecule has 2 aromatic rings. The molecule has 0 aliphatic carbocycles. The van der Waals surface area contributed by atoms with Gasteiger partial charge in [0.05, 0.1) is 11.6 Å². The molecule has 0 bridgehead atoms. The molecule has 0 radical (unpaired) electrons. The van der Waals surface area contributed by atoms with Gasteiger partial charge in [-0.25, -0.2) is 0 Å². The van der Waals surface area contributed by atoms with Crippen molar-refractivity contribution in [3.05, 3.63) is 42.1 Å². The molecule has 0 fully saturated rings. The highest BCUT2D eigenvalue weighted by atomic mass is 16.3. The van der Waals surface area contributed by atoms with Crippen molar-refractivity contribution in [2.45, 2.75) is 32.4 Å². The second-order valence-corrected chi connectivity index (χ2v) is 4.60. The highest BCUT2D eigenvalue weighted by molar-refractivity contribution is 5.78. The van der Waals surface area contributed by atoms with Crippen LogP contribution in [-0.2, 0) is 6.54 Å². The summed E-state index contributed by atoms with van der Waals surface area (Å²) in [6.45, 7) is 3.52. The Kier molecular flexibility index (Phi) is 4.67. The van der Waals surface area contributed by atoms with E-state index in [0.717, 1.165) is 30.3 Å². The highest BCUT2D eigenvalue weighted by Crippen LogP contribution is 2.13. The largest absolute Gasteiger partial charge is 0.392 e. The molecule has 3 nitrogen and oxygen atoms in total. The summed E-state index contributed by atoms with van der Waals surface area (Å²) in [7, 11) is 0. The normalized spacial score (nSPS) is 12.8. The first kappa shape index (κ1) is 13.0. The fourth-order valence-electron chi connectivity index (χ4n) is 2.05. The molecule has 2 N–H and O–H groups in total. The number of nitrogens with one attached hydrogen (secondary N) is 1. The van der Waals surface area contributed by atoms with Crippen LogP contribution in [0.1, 0.15) is 25.3 Å². The summed E-state index contributed by atoms with van der Waals surface area (Å²) in [5.41, 5.74) is 2.24. The molecule has 0 saturated carbocycles. The molecule has 1 unspecified atom stereocenters. The van der Waals surface area contributed by atoms with Crippen molar-refractivity contribution < 1.29 is 5.11 Å². The van der Waals surface area contributed by atoms with Crippen LogP contribution in [0.4, 0.5) is 0 Å². The van der Waals surface area contributed by atoms with Crippen molar-refractivity contribution >= 4 is 10.9 Å². The molecule has 0 spiro atoms. The van der Waals surface area contributed by atoms with Gasteiger partial charge in [-0.1, -0.05) is 25.5 Å². The first-order valence-electron chi connectivity index (χ1n) is 6.52. The van der Waals surface area contributed by atoms with Gasteiger partial charge in [-0.15, -0.1) is 0 Å². The summed E-state index contributed by atoms with van der Waals surface area (Å²) in [5.74, 6) is 0. The van der Waals surface area contributed by atoms with Crippen LogP contribution in [0.25, 0.3) is 10.9 Å². The Morgan fingerprint density at radius 1 is 1.33 bits per heavy atom. The summed E-state index contributed by atoms with van der Waals surface area (Å²) >= 11 is 0. The maximum atomic E-state index is 9.63. The Morgan fingerprint density at radius 2 is 2.22 bits per heavy atom. The van der Waals surface area contributed by atoms with E-state index in [0.29, 0.717) is 6.54 Å². The van der Waals surface area contributed by atoms with Gasteiger partial charge in [-0.3, -0.25) is 4.98 Å². The molecule has 96 valence electrons. The fraction of sp³-hybridized carbons (Fsp3) is 0.400. The quantitative estimate of drug-likeness (QED) is 0.820. The zero-order valence-electron chi connectivity index (χ0n) is 10.8. The molecule has 0 aliphatic rings. The average Bonchev–Trinajstić information content (AvgIpc) is 2.39. The van der Waals surface area contributed by atoms with E-state index in [4.69, 9.17) is 0 Å². The number of benzene rings is 1. The third-order valence-corrected chi connectivity index (χ3v) is 3.00. The second kappa shape index (κ2) is 6.47. The Labute approximate surface area is 108 Å². The Balaban J connectivity index is 1.91. The van der Waals surface area contributed by atoms with Gasteiger partial charge in [-0.2, -0.15) is 0 Å². The van der Waals surface area contributed by atoms with Crippen LogP contribution in [0, 0.1) is 0 Å². The van der Waals surface area contributed by atoms with Crippen LogP contribution < -0.4 is 5.32 Å². The van der Waals surface area contributed by atoms with Gasteiger partial charge in [0.1, 0.15) is 0 Å². The van der Waals surface area contributed by atoms with E-state index in [9.17, 15) is 5.11 Å². The van der Waals surface area contributed by atoms with Crippen molar-refractivity contribution in [2.75, 3.05) is 6.54 Å². The van der Waals surface area contributed by atoms with E-state index in [1.54, 1.807) is 6.20 Å². The maximum absolute atomic E-state index is 9.63. The molecule has 0 saturated heterocycles. The van der Waals surface area contributed by atoms with Crippen LogP contribution >= 0.6 is 0 Å². The molecule has 18 heavy (non-hydrogen) atoms. The molecule has 1 aromatic carbocycles. The first-order chi connectivity index (χ1) is 8.79. The maximum Gasteiger partial charge on any atom is 0.0702 e. The highest BCUT2D eigenvalue weighted by Gasteiger charge is 2.02. The number of hydrogen-bond acceptors (Lipinski definition) is 3. The number of aromatic nitrogens is 1. The third-order valence-electron chi connectivity index (χ3n) is 3.00. The van der Waals surface area contributed by atoms with Gasteiger partial charge in [0.15, 0.2) is 0 Å². The molecular formula is C15H20N2O. The van der Waals surface area contributed by atoms with Gasteiger partial charge in [0.25, 0.3) is 0 Å². The number of nitrogens with zero attached hydrogens (tertiary/aromatic N) is 1. The van der Waals surface area contributed by atoms with Gasteiger partial charge in [0, 0.05) is 24.7 Å². The molecule has 1 atom stereocenters. The van der Waals surface area contributed by atoms with Crippen LogP contribution in [0.5, 0.6) is 0 Å². The van der Waals surface area contributed by atoms with Crippen LogP contribution in [0.2, 0.25) is 0 Å². The van der Waals surface area contributed by atoms with Crippen molar-refractivity contribution in [3.8, 4) is 0 Å². The smallest absolute Gasteiger partial charge is 0.0702 e. The number of hydrogen-bond donors (Lipinski definition) is 2. The summed E-state index contributed by atoms with van der Waals surface area (Å²) in [6, 6.07) is 10.3. The lowest BCUT2D eigenvalue weighted by Gasteiger charge is -2.10. The summed E-state index contributed by atoms with van der Waals surface area (Å²) in [4.78, 5) is 4.29. The summed E-state index contributed by atoms with van der Waals surface area (Å²) < 4.78 is 0. The SMILES string of the molecule is CCCC(O)CNCc1ccc2ncccc2c1. The monoisotopic (exact) mass is 244 g/mol. The molecular weight excluding hydrogens is 224 g/mol. The number of pyridine rings is 1. The molecule has 1 aromatic heterocycles. The molecule has 1 heterocycles. The minimum absolute atomic E-state index is 0.239. The molecule has 0 aliphatic heterocycles. The predicted molar refractivity (Wildman–Crippen MR) is 74.4 cm³/mol. The van der Waals surface area contributed by atoms with Gasteiger partial charge in [0.2, 0.25) is 0 Å². The van der Waals surface area contributed by atoms with Crippen LogP contribution in [-0.4, -0.2) is 22.7 Å². The Hall–Kier alpha value is -1.45. The number of rotatable bonds is 6. The van der Waals surface area contributed by atoms with Crippen molar-refractivity contribution in [1.82, 2.24) is 10.3 Å². The first-order valence-corrected chi connectivity index (χ1v) is 6.52. The Morgan fingerprint density at radius 3 is 3.06 bits per heavy atom. The fourth-order valence-corrected chi connectivity index (χ4v) is 2.05. The Bertz CT molecular complexity index is 499. The minimum atomic E-state index is -0.239. The van der Waals surface area contributed by atoms with E-state index >= 15 is 0 Å². The molecule has 3 heteroatoms. The third kappa shape index (κ3) is 3.52. The second-order valence-electron chi connectivity index (χ2n) is 4.60. The van der Waals surface area contributed by atoms with Gasteiger partial charge < -0.3 is 10.4 Å². The van der Waals surface area contributed by atoms with Crippen molar-refractivity contribution in [3.63, 3.8) is 0 Å². The predicted octanol–water partition coefficient (Wildman–Crippen LogP) is 2.49. The van der Waals surface area contributed by atoms with Gasteiger partial charge >= 0.3 is 0 Å². The van der Waals surface area contributed by atoms with Crippen LogP contribution in [0.3, 0.4) is 0 Å². The zero-order valence-corrected chi connectivity index (χ0v) is 10.8. The molecule has 0 amide bonds. The lowest BCUT2D eigenvalue weighted by molar-refractivity contribution is 0.160. The summed E-state index contributed by atoms with van der Waals surface area (Å²) in [5, 5.41) is 14.1. The number of fused-ring (bicyclic) bond motifs is 1. The van der Waals surface area contributed by atoms with Crippen molar-refractivity contribution in [2.24, 2.45) is 0 Å². The lowest BCUT2D eigenvalue weighted by atomic mass is 10.1. The number of aliphatic hydroxyl groups excluding tert-OH is 1.